The van der Waals surface area contributed by atoms with Crippen LogP contribution in [0.5, 0.6) is 0 Å². The third-order valence-corrected chi connectivity index (χ3v) is 5.79. The molecule has 1 aliphatic heterocycles. The molecule has 1 atom stereocenters. The van der Waals surface area contributed by atoms with Gasteiger partial charge in [0.15, 0.2) is 5.03 Å². The Morgan fingerprint density at radius 3 is 2.70 bits per heavy atom. The molecule has 0 aliphatic carbocycles. The van der Waals surface area contributed by atoms with E-state index in [4.69, 9.17) is 0 Å². The molecule has 1 unspecified atom stereocenters. The van der Waals surface area contributed by atoms with Gasteiger partial charge in [0.25, 0.3) is 10.0 Å². The lowest BCUT2D eigenvalue weighted by Gasteiger charge is -2.32. The molecule has 112 valence electrons. The maximum atomic E-state index is 12.6. The van der Waals surface area contributed by atoms with Crippen molar-refractivity contribution in [3.8, 4) is 0 Å². The summed E-state index contributed by atoms with van der Waals surface area (Å²) in [5.41, 5.74) is -1.34. The fraction of sp³-hybridized carbons (Fsp3) is 0.667. The van der Waals surface area contributed by atoms with Crippen molar-refractivity contribution in [3.05, 3.63) is 12.5 Å². The lowest BCUT2D eigenvalue weighted by atomic mass is 9.95. The minimum Gasteiger partial charge on any atom is -0.480 e. The van der Waals surface area contributed by atoms with Gasteiger partial charge in [-0.25, -0.2) is 13.4 Å². The van der Waals surface area contributed by atoms with Gasteiger partial charge in [-0.3, -0.25) is 4.79 Å². The predicted molar refractivity (Wildman–Crippen MR) is 71.7 cm³/mol. The van der Waals surface area contributed by atoms with E-state index < -0.39 is 21.5 Å². The van der Waals surface area contributed by atoms with Gasteiger partial charge in [0.1, 0.15) is 5.54 Å². The van der Waals surface area contributed by atoms with E-state index in [-0.39, 0.29) is 18.0 Å². The Bertz CT molecular complexity index is 610. The first-order chi connectivity index (χ1) is 9.38. The summed E-state index contributed by atoms with van der Waals surface area (Å²) in [5.74, 6) is -1.09. The zero-order valence-electron chi connectivity index (χ0n) is 11.6. The highest BCUT2D eigenvalue weighted by molar-refractivity contribution is 7.89. The number of nitrogens with zero attached hydrogens (tertiary/aromatic N) is 3. The lowest BCUT2D eigenvalue weighted by molar-refractivity contribution is -0.147. The van der Waals surface area contributed by atoms with E-state index in [1.54, 1.807) is 11.5 Å². The van der Waals surface area contributed by atoms with E-state index in [0.29, 0.717) is 19.4 Å². The van der Waals surface area contributed by atoms with Crippen molar-refractivity contribution in [1.82, 2.24) is 13.9 Å². The monoisotopic (exact) mass is 301 g/mol. The number of aromatic nitrogens is 2. The van der Waals surface area contributed by atoms with Crippen molar-refractivity contribution in [2.24, 2.45) is 0 Å². The Labute approximate surface area is 118 Å². The second-order valence-corrected chi connectivity index (χ2v) is 6.72. The predicted octanol–water partition coefficient (Wildman–Crippen LogP) is 0.921. The lowest BCUT2D eigenvalue weighted by Crippen LogP contribution is -2.52. The minimum absolute atomic E-state index is 0.0830. The first-order valence-electron chi connectivity index (χ1n) is 6.66. The van der Waals surface area contributed by atoms with Crippen molar-refractivity contribution >= 4 is 16.0 Å². The number of aliphatic carboxylic acids is 1. The van der Waals surface area contributed by atoms with E-state index in [0.717, 1.165) is 4.31 Å². The van der Waals surface area contributed by atoms with Gasteiger partial charge >= 0.3 is 5.97 Å². The Hall–Kier alpha value is -1.41. The maximum Gasteiger partial charge on any atom is 0.325 e. The van der Waals surface area contributed by atoms with Crippen LogP contribution in [0.1, 0.15) is 33.1 Å². The van der Waals surface area contributed by atoms with E-state index in [9.17, 15) is 18.3 Å². The molecule has 0 amide bonds. The molecular formula is C12H19N3O4S. The Kier molecular flexibility index (Phi) is 3.88. The van der Waals surface area contributed by atoms with E-state index in [2.05, 4.69) is 4.98 Å². The standard InChI is InChI=1S/C12H19N3O4S/c1-3-12(11(16)17)6-5-7-15(12)20(18,19)10-8-14(4-2)9-13-10/h8-9H,3-7H2,1-2H3,(H,16,17). The van der Waals surface area contributed by atoms with Crippen LogP contribution in [0, 0.1) is 0 Å². The molecule has 20 heavy (non-hydrogen) atoms. The van der Waals surface area contributed by atoms with Gasteiger partial charge in [0.05, 0.1) is 6.33 Å². The van der Waals surface area contributed by atoms with Crippen LogP contribution in [0.3, 0.4) is 0 Å². The Morgan fingerprint density at radius 2 is 2.20 bits per heavy atom. The second kappa shape index (κ2) is 5.17. The third-order valence-electron chi connectivity index (χ3n) is 3.94. The number of carboxylic acids is 1. The molecule has 1 fully saturated rings. The second-order valence-electron chi connectivity index (χ2n) is 4.91. The number of carbonyl (C=O) groups is 1. The number of hydrogen-bond donors (Lipinski definition) is 1. The summed E-state index contributed by atoms with van der Waals surface area (Å²) in [6, 6.07) is 0. The van der Waals surface area contributed by atoms with E-state index >= 15 is 0 Å². The average molecular weight is 301 g/mol. The van der Waals surface area contributed by atoms with Crippen molar-refractivity contribution in [2.75, 3.05) is 6.54 Å². The topological polar surface area (TPSA) is 92.5 Å². The zero-order valence-corrected chi connectivity index (χ0v) is 12.4. The summed E-state index contributed by atoms with van der Waals surface area (Å²) in [7, 11) is -3.87. The largest absolute Gasteiger partial charge is 0.480 e. The molecular weight excluding hydrogens is 282 g/mol. The molecule has 1 aliphatic rings. The summed E-state index contributed by atoms with van der Waals surface area (Å²) in [5, 5.41) is 9.38. The van der Waals surface area contributed by atoms with Crippen LogP contribution >= 0.6 is 0 Å². The van der Waals surface area contributed by atoms with E-state index in [1.165, 1.54) is 12.5 Å². The molecule has 0 bridgehead atoms. The number of aryl methyl sites for hydroxylation is 1. The fourth-order valence-corrected chi connectivity index (χ4v) is 4.48. The average Bonchev–Trinajstić information content (AvgIpc) is 3.06. The SMILES string of the molecule is CCn1cnc(S(=O)(=O)N2CCCC2(CC)C(=O)O)c1. The van der Waals surface area contributed by atoms with Gasteiger partial charge in [0, 0.05) is 19.3 Å². The molecule has 2 heterocycles. The van der Waals surface area contributed by atoms with Crippen molar-refractivity contribution in [1.29, 1.82) is 0 Å². The maximum absolute atomic E-state index is 12.6. The number of sulfonamides is 1. The molecule has 8 heteroatoms. The van der Waals surface area contributed by atoms with Crippen LogP contribution in [0.25, 0.3) is 0 Å². The molecule has 1 aromatic rings. The number of hydrogen-bond acceptors (Lipinski definition) is 4. The van der Waals surface area contributed by atoms with Crippen LogP contribution in [0.15, 0.2) is 17.6 Å². The molecule has 0 radical (unpaired) electrons. The number of rotatable bonds is 5. The summed E-state index contributed by atoms with van der Waals surface area (Å²) >= 11 is 0. The van der Waals surface area contributed by atoms with Gasteiger partial charge in [-0.15, -0.1) is 0 Å². The quantitative estimate of drug-likeness (QED) is 0.873. The van der Waals surface area contributed by atoms with E-state index in [1.807, 2.05) is 6.92 Å². The summed E-state index contributed by atoms with van der Waals surface area (Å²) in [6.07, 6.45) is 4.02. The first kappa shape index (κ1) is 15.0. The first-order valence-corrected chi connectivity index (χ1v) is 8.10. The summed E-state index contributed by atoms with van der Waals surface area (Å²) in [4.78, 5) is 15.5. The summed E-state index contributed by atoms with van der Waals surface area (Å²) in [6.45, 7) is 4.41. The fourth-order valence-electron chi connectivity index (χ4n) is 2.68. The molecule has 0 spiro atoms. The number of imidazole rings is 1. The highest BCUT2D eigenvalue weighted by Gasteiger charge is 2.52. The number of carboxylic acid groups (broad SMARTS) is 1. The van der Waals surface area contributed by atoms with Gasteiger partial charge in [-0.2, -0.15) is 4.31 Å². The van der Waals surface area contributed by atoms with Crippen molar-refractivity contribution in [2.45, 2.75) is 50.2 Å². The van der Waals surface area contributed by atoms with Crippen LogP contribution < -0.4 is 0 Å². The molecule has 1 aromatic heterocycles. The van der Waals surface area contributed by atoms with Crippen molar-refractivity contribution in [3.63, 3.8) is 0 Å². The third kappa shape index (κ3) is 2.12. The highest BCUT2D eigenvalue weighted by Crippen LogP contribution is 2.37. The minimum atomic E-state index is -3.87. The highest BCUT2D eigenvalue weighted by atomic mass is 32.2. The molecule has 1 saturated heterocycles. The van der Waals surface area contributed by atoms with Crippen LogP contribution in [-0.2, 0) is 21.4 Å². The van der Waals surface area contributed by atoms with Crippen LogP contribution in [-0.4, -0.2) is 45.4 Å². The molecule has 0 saturated carbocycles. The Balaban J connectivity index is 2.45. The van der Waals surface area contributed by atoms with Crippen molar-refractivity contribution < 1.29 is 18.3 Å². The smallest absolute Gasteiger partial charge is 0.325 e. The summed E-state index contributed by atoms with van der Waals surface area (Å²) < 4.78 is 28.0. The van der Waals surface area contributed by atoms with Gasteiger partial charge < -0.3 is 9.67 Å². The van der Waals surface area contributed by atoms with Crippen LogP contribution in [0.4, 0.5) is 0 Å². The molecule has 7 nitrogen and oxygen atoms in total. The van der Waals surface area contributed by atoms with Gasteiger partial charge in [0.2, 0.25) is 0 Å². The van der Waals surface area contributed by atoms with Gasteiger partial charge in [-0.05, 0) is 26.2 Å². The van der Waals surface area contributed by atoms with Crippen LogP contribution in [0.2, 0.25) is 0 Å². The molecule has 0 aromatic carbocycles. The zero-order chi connectivity index (χ0) is 15.0. The Morgan fingerprint density at radius 1 is 1.50 bits per heavy atom. The normalized spacial score (nSPS) is 24.1. The molecule has 1 N–H and O–H groups in total. The molecule has 2 rings (SSSR count). The van der Waals surface area contributed by atoms with Gasteiger partial charge in [-0.1, -0.05) is 6.92 Å².